The van der Waals surface area contributed by atoms with Gasteiger partial charge in [0, 0.05) is 11.5 Å². The number of hydrogen-bond donors (Lipinski definition) is 1. The zero-order valence-electron chi connectivity index (χ0n) is 9.27. The summed E-state index contributed by atoms with van der Waals surface area (Å²) in [4.78, 5) is 22.3. The van der Waals surface area contributed by atoms with Gasteiger partial charge in [-0.25, -0.2) is 0 Å². The zero-order chi connectivity index (χ0) is 12.1. The summed E-state index contributed by atoms with van der Waals surface area (Å²) in [5.41, 5.74) is 0.480. The summed E-state index contributed by atoms with van der Waals surface area (Å²) in [6, 6.07) is 6.71. The Labute approximate surface area is 93.9 Å². The van der Waals surface area contributed by atoms with Crippen LogP contribution in [0.4, 0.5) is 0 Å². The number of carbonyl (C=O) groups is 2. The van der Waals surface area contributed by atoms with Crippen molar-refractivity contribution < 1.29 is 19.4 Å². The van der Waals surface area contributed by atoms with Gasteiger partial charge in [-0.3, -0.25) is 9.59 Å². The minimum atomic E-state index is -0.969. The van der Waals surface area contributed by atoms with E-state index in [0.717, 1.165) is 0 Å². The van der Waals surface area contributed by atoms with Crippen molar-refractivity contribution in [3.05, 3.63) is 29.8 Å². The molecule has 0 fully saturated rings. The monoisotopic (exact) mass is 222 g/mol. The van der Waals surface area contributed by atoms with Crippen LogP contribution in [0, 0.1) is 5.92 Å². The molecule has 0 heterocycles. The first-order valence-corrected chi connectivity index (χ1v) is 4.94. The molecule has 4 nitrogen and oxygen atoms in total. The Morgan fingerprint density at radius 1 is 1.44 bits per heavy atom. The number of aliphatic carboxylic acids is 1. The van der Waals surface area contributed by atoms with Gasteiger partial charge >= 0.3 is 5.97 Å². The molecule has 0 aliphatic carbocycles. The lowest BCUT2D eigenvalue weighted by atomic mass is 9.96. The summed E-state index contributed by atoms with van der Waals surface area (Å²) in [7, 11) is 1.52. The first-order valence-electron chi connectivity index (χ1n) is 4.94. The molecule has 16 heavy (non-hydrogen) atoms. The van der Waals surface area contributed by atoms with E-state index in [2.05, 4.69) is 0 Å². The summed E-state index contributed by atoms with van der Waals surface area (Å²) in [5.74, 6) is -1.08. The highest BCUT2D eigenvalue weighted by atomic mass is 16.5. The van der Waals surface area contributed by atoms with E-state index in [0.29, 0.717) is 11.3 Å². The molecule has 0 aliphatic rings. The number of Topliss-reactive ketones (excluding diaryl/α,β-unsaturated/α-hetero) is 1. The zero-order valence-corrected chi connectivity index (χ0v) is 9.27. The van der Waals surface area contributed by atoms with Crippen LogP contribution in [0.3, 0.4) is 0 Å². The van der Waals surface area contributed by atoms with E-state index in [1.807, 2.05) is 0 Å². The first-order chi connectivity index (χ1) is 7.54. The lowest BCUT2D eigenvalue weighted by Gasteiger charge is -2.08. The Morgan fingerprint density at radius 2 is 2.12 bits per heavy atom. The molecular formula is C12H14O4. The average Bonchev–Trinajstić information content (AvgIpc) is 2.27. The van der Waals surface area contributed by atoms with Crippen molar-refractivity contribution in [2.45, 2.75) is 13.3 Å². The molecule has 0 bridgehead atoms. The molecule has 0 aliphatic heterocycles. The number of carboxylic acid groups (broad SMARTS) is 1. The number of rotatable bonds is 5. The van der Waals surface area contributed by atoms with Crippen molar-refractivity contribution in [2.75, 3.05) is 7.11 Å². The second-order valence-corrected chi connectivity index (χ2v) is 3.60. The van der Waals surface area contributed by atoms with Gasteiger partial charge in [0.1, 0.15) is 5.75 Å². The smallest absolute Gasteiger partial charge is 0.304 e. The van der Waals surface area contributed by atoms with Crippen molar-refractivity contribution in [1.29, 1.82) is 0 Å². The maximum atomic E-state index is 11.8. The predicted octanol–water partition coefficient (Wildman–Crippen LogP) is 1.99. The molecule has 1 aromatic carbocycles. The van der Waals surface area contributed by atoms with Crippen LogP contribution in [-0.2, 0) is 4.79 Å². The van der Waals surface area contributed by atoms with E-state index < -0.39 is 11.9 Å². The van der Waals surface area contributed by atoms with Crippen molar-refractivity contribution >= 4 is 11.8 Å². The Morgan fingerprint density at radius 3 is 2.69 bits per heavy atom. The quantitative estimate of drug-likeness (QED) is 0.774. The normalized spacial score (nSPS) is 11.9. The molecule has 1 atom stereocenters. The molecule has 0 spiro atoms. The van der Waals surface area contributed by atoms with Gasteiger partial charge in [0.2, 0.25) is 0 Å². The maximum absolute atomic E-state index is 11.8. The van der Waals surface area contributed by atoms with Crippen molar-refractivity contribution in [2.24, 2.45) is 5.92 Å². The van der Waals surface area contributed by atoms with Crippen LogP contribution in [0.25, 0.3) is 0 Å². The van der Waals surface area contributed by atoms with E-state index in [-0.39, 0.29) is 12.2 Å². The van der Waals surface area contributed by atoms with E-state index in [1.165, 1.54) is 7.11 Å². The van der Waals surface area contributed by atoms with E-state index in [4.69, 9.17) is 9.84 Å². The number of carbonyl (C=O) groups excluding carboxylic acids is 1. The molecular weight excluding hydrogens is 208 g/mol. The second kappa shape index (κ2) is 5.30. The molecule has 86 valence electrons. The Hall–Kier alpha value is -1.84. The SMILES string of the molecule is COc1cccc(C(=O)[C@H](C)CC(=O)O)c1. The van der Waals surface area contributed by atoms with Gasteiger partial charge in [-0.05, 0) is 12.1 Å². The fourth-order valence-corrected chi connectivity index (χ4v) is 1.42. The first kappa shape index (κ1) is 12.2. The summed E-state index contributed by atoms with van der Waals surface area (Å²) >= 11 is 0. The standard InChI is InChI=1S/C12H14O4/c1-8(6-11(13)14)12(15)9-4-3-5-10(7-9)16-2/h3-5,7-8H,6H2,1-2H3,(H,13,14)/t8-/m1/s1. The Bertz CT molecular complexity index is 398. The molecule has 0 amide bonds. The minimum Gasteiger partial charge on any atom is -0.497 e. The molecule has 0 unspecified atom stereocenters. The molecule has 0 saturated carbocycles. The van der Waals surface area contributed by atoms with Crippen LogP contribution in [0.5, 0.6) is 5.75 Å². The summed E-state index contributed by atoms with van der Waals surface area (Å²) in [5, 5.41) is 8.60. The lowest BCUT2D eigenvalue weighted by Crippen LogP contribution is -2.15. The highest BCUT2D eigenvalue weighted by Crippen LogP contribution is 2.17. The molecule has 0 saturated heterocycles. The molecule has 4 heteroatoms. The fraction of sp³-hybridized carbons (Fsp3) is 0.333. The highest BCUT2D eigenvalue weighted by Gasteiger charge is 2.18. The third kappa shape index (κ3) is 3.08. The Balaban J connectivity index is 2.83. The molecule has 1 rings (SSSR count). The van der Waals surface area contributed by atoms with Crippen molar-refractivity contribution in [3.63, 3.8) is 0 Å². The molecule has 0 radical (unpaired) electrons. The lowest BCUT2D eigenvalue weighted by molar-refractivity contribution is -0.137. The largest absolute Gasteiger partial charge is 0.497 e. The van der Waals surface area contributed by atoms with Crippen LogP contribution in [0.2, 0.25) is 0 Å². The van der Waals surface area contributed by atoms with Crippen LogP contribution in [0.1, 0.15) is 23.7 Å². The predicted molar refractivity (Wildman–Crippen MR) is 58.7 cm³/mol. The van der Waals surface area contributed by atoms with E-state index >= 15 is 0 Å². The van der Waals surface area contributed by atoms with Gasteiger partial charge in [0.15, 0.2) is 5.78 Å². The van der Waals surface area contributed by atoms with Gasteiger partial charge in [-0.15, -0.1) is 0 Å². The number of methoxy groups -OCH3 is 1. The van der Waals surface area contributed by atoms with E-state index in [1.54, 1.807) is 31.2 Å². The van der Waals surface area contributed by atoms with Crippen LogP contribution < -0.4 is 4.74 Å². The summed E-state index contributed by atoms with van der Waals surface area (Å²) < 4.78 is 5.00. The van der Waals surface area contributed by atoms with Gasteiger partial charge in [-0.1, -0.05) is 19.1 Å². The molecule has 0 aromatic heterocycles. The molecule has 1 N–H and O–H groups in total. The van der Waals surface area contributed by atoms with Crippen molar-refractivity contribution in [3.8, 4) is 5.75 Å². The van der Waals surface area contributed by atoms with Crippen molar-refractivity contribution in [1.82, 2.24) is 0 Å². The van der Waals surface area contributed by atoms with Gasteiger partial charge in [0.05, 0.1) is 13.5 Å². The number of ketones is 1. The minimum absolute atomic E-state index is 0.157. The Kier molecular flexibility index (Phi) is 4.05. The fourth-order valence-electron chi connectivity index (χ4n) is 1.42. The third-order valence-corrected chi connectivity index (χ3v) is 2.28. The number of carboxylic acids is 1. The molecule has 1 aromatic rings. The number of hydrogen-bond acceptors (Lipinski definition) is 3. The highest BCUT2D eigenvalue weighted by molar-refractivity contribution is 5.99. The maximum Gasteiger partial charge on any atom is 0.304 e. The average molecular weight is 222 g/mol. The second-order valence-electron chi connectivity index (χ2n) is 3.60. The summed E-state index contributed by atoms with van der Waals surface area (Å²) in [6.45, 7) is 1.61. The van der Waals surface area contributed by atoms with Gasteiger partial charge in [0.25, 0.3) is 0 Å². The van der Waals surface area contributed by atoms with Crippen LogP contribution in [0.15, 0.2) is 24.3 Å². The number of ether oxygens (including phenoxy) is 1. The van der Waals surface area contributed by atoms with Gasteiger partial charge < -0.3 is 9.84 Å². The van der Waals surface area contributed by atoms with E-state index in [9.17, 15) is 9.59 Å². The van der Waals surface area contributed by atoms with Crippen LogP contribution in [-0.4, -0.2) is 24.0 Å². The topological polar surface area (TPSA) is 63.6 Å². The summed E-state index contributed by atoms with van der Waals surface area (Å²) in [6.07, 6.45) is -0.157. The number of benzene rings is 1. The van der Waals surface area contributed by atoms with Gasteiger partial charge in [-0.2, -0.15) is 0 Å². The third-order valence-electron chi connectivity index (χ3n) is 2.28. The van der Waals surface area contributed by atoms with Crippen LogP contribution >= 0.6 is 0 Å².